The molecule has 0 spiro atoms. The van der Waals surface area contributed by atoms with Crippen LogP contribution in [-0.2, 0) is 11.2 Å². The lowest BCUT2D eigenvalue weighted by Crippen LogP contribution is -2.41. The molecule has 0 saturated heterocycles. The third-order valence-electron chi connectivity index (χ3n) is 4.78. The van der Waals surface area contributed by atoms with E-state index in [0.29, 0.717) is 17.3 Å². The first-order valence-corrected chi connectivity index (χ1v) is 9.86. The first kappa shape index (κ1) is 19.3. The Labute approximate surface area is 174 Å². The molecule has 2 heterocycles. The maximum Gasteiger partial charge on any atom is 0.260 e. The molecule has 0 fully saturated rings. The van der Waals surface area contributed by atoms with E-state index in [4.69, 9.17) is 21.1 Å². The van der Waals surface area contributed by atoms with E-state index in [1.54, 1.807) is 37.4 Å². The zero-order valence-corrected chi connectivity index (χ0v) is 16.7. The van der Waals surface area contributed by atoms with Crippen LogP contribution in [0.5, 0.6) is 11.5 Å². The molecule has 0 radical (unpaired) electrons. The van der Waals surface area contributed by atoms with E-state index in [2.05, 4.69) is 16.4 Å². The second kappa shape index (κ2) is 8.53. The molecule has 0 unspecified atom stereocenters. The van der Waals surface area contributed by atoms with Crippen molar-refractivity contribution < 1.29 is 14.3 Å². The standard InChI is InChI=1S/C23H21ClN2O3/c1-15(28-20-6-2-5-19(24)12-20)23(27)26-14-21-11-18-10-16(7-8-22(18)29-21)17-4-3-9-25-13-17/h2-10,12-13,15,21H,11,14H2,1H3,(H,26,27)/t15-,21+/m1/s1. The largest absolute Gasteiger partial charge is 0.488 e. The summed E-state index contributed by atoms with van der Waals surface area (Å²) >= 11 is 5.95. The van der Waals surface area contributed by atoms with Crippen molar-refractivity contribution in [2.45, 2.75) is 25.6 Å². The van der Waals surface area contributed by atoms with Crippen LogP contribution in [0.4, 0.5) is 0 Å². The number of fused-ring (bicyclic) bond motifs is 1. The van der Waals surface area contributed by atoms with Crippen LogP contribution in [0.2, 0.25) is 5.02 Å². The summed E-state index contributed by atoms with van der Waals surface area (Å²) in [6, 6.07) is 17.1. The van der Waals surface area contributed by atoms with Gasteiger partial charge in [0.05, 0.1) is 6.54 Å². The van der Waals surface area contributed by atoms with Crippen LogP contribution in [0.3, 0.4) is 0 Å². The highest BCUT2D eigenvalue weighted by Crippen LogP contribution is 2.32. The number of carbonyl (C=O) groups is 1. The second-order valence-corrected chi connectivity index (χ2v) is 7.41. The van der Waals surface area contributed by atoms with Crippen molar-refractivity contribution in [2.75, 3.05) is 6.54 Å². The molecule has 1 N–H and O–H groups in total. The average Bonchev–Trinajstić information content (AvgIpc) is 3.14. The highest BCUT2D eigenvalue weighted by Gasteiger charge is 2.25. The van der Waals surface area contributed by atoms with Crippen molar-refractivity contribution in [3.8, 4) is 22.6 Å². The predicted molar refractivity (Wildman–Crippen MR) is 112 cm³/mol. The van der Waals surface area contributed by atoms with Gasteiger partial charge in [-0.05, 0) is 54.4 Å². The minimum absolute atomic E-state index is 0.100. The van der Waals surface area contributed by atoms with Gasteiger partial charge < -0.3 is 14.8 Å². The van der Waals surface area contributed by atoms with Crippen LogP contribution in [0.1, 0.15) is 12.5 Å². The number of carbonyl (C=O) groups excluding carboxylic acids is 1. The quantitative estimate of drug-likeness (QED) is 0.661. The van der Waals surface area contributed by atoms with Gasteiger partial charge in [-0.2, -0.15) is 0 Å². The Morgan fingerprint density at radius 1 is 1.24 bits per heavy atom. The number of halogens is 1. The molecule has 148 valence electrons. The van der Waals surface area contributed by atoms with Crippen molar-refractivity contribution >= 4 is 17.5 Å². The number of amides is 1. The molecule has 0 aliphatic carbocycles. The molecule has 1 amide bonds. The molecule has 29 heavy (non-hydrogen) atoms. The first-order valence-electron chi connectivity index (χ1n) is 9.48. The Balaban J connectivity index is 1.32. The van der Waals surface area contributed by atoms with Crippen LogP contribution in [-0.4, -0.2) is 29.6 Å². The molecule has 2 atom stereocenters. The smallest absolute Gasteiger partial charge is 0.260 e. The Bertz CT molecular complexity index is 1010. The van der Waals surface area contributed by atoms with Crippen molar-refractivity contribution in [2.24, 2.45) is 0 Å². The van der Waals surface area contributed by atoms with E-state index >= 15 is 0 Å². The Hall–Kier alpha value is -3.05. The fourth-order valence-electron chi connectivity index (χ4n) is 3.30. The number of pyridine rings is 1. The van der Waals surface area contributed by atoms with Crippen molar-refractivity contribution in [1.29, 1.82) is 0 Å². The van der Waals surface area contributed by atoms with Crippen molar-refractivity contribution in [3.63, 3.8) is 0 Å². The summed E-state index contributed by atoms with van der Waals surface area (Å²) in [6.45, 7) is 2.12. The van der Waals surface area contributed by atoms with Crippen molar-refractivity contribution in [3.05, 3.63) is 77.6 Å². The van der Waals surface area contributed by atoms with Gasteiger partial charge in [-0.3, -0.25) is 9.78 Å². The van der Waals surface area contributed by atoms with Gasteiger partial charge in [0.2, 0.25) is 0 Å². The fraction of sp³-hybridized carbons (Fsp3) is 0.217. The third-order valence-corrected chi connectivity index (χ3v) is 5.01. The molecule has 4 rings (SSSR count). The molecule has 1 aromatic heterocycles. The lowest BCUT2D eigenvalue weighted by atomic mass is 10.0. The molecule has 2 aromatic carbocycles. The summed E-state index contributed by atoms with van der Waals surface area (Å²) in [5.74, 6) is 1.23. The van der Waals surface area contributed by atoms with Crippen LogP contribution < -0.4 is 14.8 Å². The third kappa shape index (κ3) is 4.69. The van der Waals surface area contributed by atoms with Gasteiger partial charge in [0, 0.05) is 29.4 Å². The van der Waals surface area contributed by atoms with Crippen LogP contribution >= 0.6 is 11.6 Å². The fourth-order valence-corrected chi connectivity index (χ4v) is 3.48. The maximum atomic E-state index is 12.4. The van der Waals surface area contributed by atoms with Crippen LogP contribution in [0, 0.1) is 0 Å². The second-order valence-electron chi connectivity index (χ2n) is 6.97. The number of hydrogen-bond donors (Lipinski definition) is 1. The molecular weight excluding hydrogens is 388 g/mol. The van der Waals surface area contributed by atoms with Gasteiger partial charge in [-0.25, -0.2) is 0 Å². The molecule has 3 aromatic rings. The zero-order valence-electron chi connectivity index (χ0n) is 16.0. The van der Waals surface area contributed by atoms with E-state index < -0.39 is 6.10 Å². The topological polar surface area (TPSA) is 60.5 Å². The summed E-state index contributed by atoms with van der Waals surface area (Å²) in [7, 11) is 0. The molecule has 1 aliphatic rings. The molecular formula is C23H21ClN2O3. The summed E-state index contributed by atoms with van der Waals surface area (Å²) in [4.78, 5) is 16.5. The monoisotopic (exact) mass is 408 g/mol. The van der Waals surface area contributed by atoms with E-state index in [1.165, 1.54) is 0 Å². The number of nitrogens with zero attached hydrogens (tertiary/aromatic N) is 1. The number of benzene rings is 2. The van der Waals surface area contributed by atoms with Gasteiger partial charge in [0.25, 0.3) is 5.91 Å². The zero-order chi connectivity index (χ0) is 20.2. The van der Waals surface area contributed by atoms with Gasteiger partial charge >= 0.3 is 0 Å². The van der Waals surface area contributed by atoms with Crippen LogP contribution in [0.25, 0.3) is 11.1 Å². The van der Waals surface area contributed by atoms with Crippen molar-refractivity contribution in [1.82, 2.24) is 10.3 Å². The van der Waals surface area contributed by atoms with E-state index in [1.807, 2.05) is 30.5 Å². The molecule has 6 heteroatoms. The van der Waals surface area contributed by atoms with E-state index in [-0.39, 0.29) is 12.0 Å². The lowest BCUT2D eigenvalue weighted by molar-refractivity contribution is -0.127. The number of hydrogen-bond acceptors (Lipinski definition) is 4. The lowest BCUT2D eigenvalue weighted by Gasteiger charge is -2.17. The van der Waals surface area contributed by atoms with Gasteiger partial charge in [0.15, 0.2) is 6.10 Å². The normalized spacial score (nSPS) is 15.9. The van der Waals surface area contributed by atoms with Gasteiger partial charge in [-0.1, -0.05) is 29.8 Å². The van der Waals surface area contributed by atoms with Gasteiger partial charge in [0.1, 0.15) is 17.6 Å². The molecule has 1 aliphatic heterocycles. The first-order chi connectivity index (χ1) is 14.1. The van der Waals surface area contributed by atoms with Crippen LogP contribution in [0.15, 0.2) is 67.0 Å². The highest BCUT2D eigenvalue weighted by molar-refractivity contribution is 6.30. The number of nitrogens with one attached hydrogen (secondary N) is 1. The molecule has 0 bridgehead atoms. The van der Waals surface area contributed by atoms with Gasteiger partial charge in [-0.15, -0.1) is 0 Å². The molecule has 5 nitrogen and oxygen atoms in total. The summed E-state index contributed by atoms with van der Waals surface area (Å²) in [5.41, 5.74) is 3.31. The number of rotatable bonds is 6. The average molecular weight is 409 g/mol. The van der Waals surface area contributed by atoms with E-state index in [9.17, 15) is 4.79 Å². The number of aromatic nitrogens is 1. The summed E-state index contributed by atoms with van der Waals surface area (Å²) in [6.07, 6.45) is 3.62. The number of ether oxygens (including phenoxy) is 2. The summed E-state index contributed by atoms with van der Waals surface area (Å²) < 4.78 is 11.6. The SMILES string of the molecule is C[C@@H](Oc1cccc(Cl)c1)C(=O)NC[C@@H]1Cc2cc(-c3cccnc3)ccc2O1. The Morgan fingerprint density at radius 3 is 2.93 bits per heavy atom. The van der Waals surface area contributed by atoms with E-state index in [0.717, 1.165) is 28.9 Å². The minimum atomic E-state index is -0.630. The minimum Gasteiger partial charge on any atom is -0.488 e. The maximum absolute atomic E-state index is 12.4. The summed E-state index contributed by atoms with van der Waals surface area (Å²) in [5, 5.41) is 3.48. The Kier molecular flexibility index (Phi) is 5.67. The Morgan fingerprint density at radius 2 is 2.14 bits per heavy atom. The highest BCUT2D eigenvalue weighted by atomic mass is 35.5. The predicted octanol–water partition coefficient (Wildman–Crippen LogP) is 4.29. The molecule has 0 saturated carbocycles.